The minimum Gasteiger partial charge on any atom is -0.383 e. The Bertz CT molecular complexity index is 809. The highest BCUT2D eigenvalue weighted by Crippen LogP contribution is 2.21. The number of piperidine rings is 1. The molecule has 3 N–H and O–H groups in total. The Hall–Kier alpha value is -1.94. The topological polar surface area (TPSA) is 119 Å². The number of anilines is 2. The molecule has 3 heterocycles. The van der Waals surface area contributed by atoms with Gasteiger partial charge in [0.15, 0.2) is 5.65 Å². The molecule has 1 fully saturated rings. The van der Waals surface area contributed by atoms with Gasteiger partial charge in [0, 0.05) is 26.2 Å². The third kappa shape index (κ3) is 3.08. The van der Waals surface area contributed by atoms with Crippen LogP contribution in [0, 0.1) is 0 Å². The molecule has 0 aromatic carbocycles. The van der Waals surface area contributed by atoms with Crippen LogP contribution in [-0.4, -0.2) is 57.4 Å². The van der Waals surface area contributed by atoms with Gasteiger partial charge in [-0.15, -0.1) is 0 Å². The summed E-state index contributed by atoms with van der Waals surface area (Å²) < 4.78 is 26.9. The van der Waals surface area contributed by atoms with Gasteiger partial charge in [-0.25, -0.2) is 12.7 Å². The summed E-state index contributed by atoms with van der Waals surface area (Å²) in [6.07, 6.45) is 3.07. The van der Waals surface area contributed by atoms with Crippen LogP contribution >= 0.6 is 0 Å². The second kappa shape index (κ2) is 5.93. The van der Waals surface area contributed by atoms with Crippen molar-refractivity contribution >= 4 is 32.8 Å². The summed E-state index contributed by atoms with van der Waals surface area (Å²) in [5, 5.41) is 8.10. The molecule has 1 saturated heterocycles. The van der Waals surface area contributed by atoms with Crippen LogP contribution in [0.5, 0.6) is 0 Å². The van der Waals surface area contributed by atoms with E-state index in [1.54, 1.807) is 29.2 Å². The van der Waals surface area contributed by atoms with Gasteiger partial charge in [-0.2, -0.15) is 15.1 Å². The van der Waals surface area contributed by atoms with Gasteiger partial charge in [-0.3, -0.25) is 4.68 Å². The minimum absolute atomic E-state index is 0.128. The maximum atomic E-state index is 11.9. The van der Waals surface area contributed by atoms with Gasteiger partial charge in [0.1, 0.15) is 5.82 Å². The molecule has 126 valence electrons. The van der Waals surface area contributed by atoms with E-state index in [1.165, 1.54) is 0 Å². The van der Waals surface area contributed by atoms with Crippen LogP contribution in [0.1, 0.15) is 19.8 Å². The Labute approximate surface area is 134 Å². The molecular weight excluding hydrogens is 318 g/mol. The van der Waals surface area contributed by atoms with Crippen molar-refractivity contribution < 1.29 is 8.42 Å². The molecule has 2 aromatic rings. The zero-order valence-electron chi connectivity index (χ0n) is 13.2. The molecule has 0 saturated carbocycles. The quantitative estimate of drug-likeness (QED) is 0.815. The van der Waals surface area contributed by atoms with Crippen molar-refractivity contribution in [3.63, 3.8) is 0 Å². The van der Waals surface area contributed by atoms with Gasteiger partial charge in [0.05, 0.1) is 17.3 Å². The summed E-state index contributed by atoms with van der Waals surface area (Å²) in [7, 11) is -1.31. The summed E-state index contributed by atoms with van der Waals surface area (Å²) in [6, 6.07) is 0.128. The molecule has 0 unspecified atom stereocenters. The number of sulfonamides is 1. The fourth-order valence-corrected chi connectivity index (χ4v) is 3.88. The summed E-state index contributed by atoms with van der Waals surface area (Å²) >= 11 is 0. The highest BCUT2D eigenvalue weighted by Gasteiger charge is 2.27. The van der Waals surface area contributed by atoms with Crippen LogP contribution in [0.15, 0.2) is 6.20 Å². The first-order valence-electron chi connectivity index (χ1n) is 7.60. The summed E-state index contributed by atoms with van der Waals surface area (Å²) in [6.45, 7) is 2.69. The zero-order valence-corrected chi connectivity index (χ0v) is 14.0. The fourth-order valence-electron chi connectivity index (χ4n) is 2.75. The molecule has 23 heavy (non-hydrogen) atoms. The van der Waals surface area contributed by atoms with Crippen molar-refractivity contribution in [3.8, 4) is 0 Å². The van der Waals surface area contributed by atoms with Gasteiger partial charge >= 0.3 is 0 Å². The smallest absolute Gasteiger partial charge is 0.226 e. The Morgan fingerprint density at radius 1 is 1.35 bits per heavy atom. The van der Waals surface area contributed by atoms with Crippen LogP contribution in [0.2, 0.25) is 0 Å². The molecule has 0 atom stereocenters. The summed E-state index contributed by atoms with van der Waals surface area (Å²) in [4.78, 5) is 8.70. The van der Waals surface area contributed by atoms with E-state index in [0.29, 0.717) is 43.3 Å². The Balaban J connectivity index is 1.71. The highest BCUT2D eigenvalue weighted by molar-refractivity contribution is 7.89. The molecule has 1 aliphatic rings. The lowest BCUT2D eigenvalue weighted by Gasteiger charge is -2.31. The number of hydrogen-bond acceptors (Lipinski definition) is 7. The van der Waals surface area contributed by atoms with Crippen LogP contribution < -0.4 is 11.1 Å². The van der Waals surface area contributed by atoms with Crippen LogP contribution in [0.25, 0.3) is 11.0 Å². The molecule has 0 aliphatic carbocycles. The monoisotopic (exact) mass is 339 g/mol. The van der Waals surface area contributed by atoms with Crippen molar-refractivity contribution in [2.75, 3.05) is 29.9 Å². The number of nitrogens with zero attached hydrogens (tertiary/aromatic N) is 5. The number of aromatic nitrogens is 4. The van der Waals surface area contributed by atoms with Gasteiger partial charge in [0.25, 0.3) is 0 Å². The lowest BCUT2D eigenvalue weighted by molar-refractivity contribution is 0.329. The van der Waals surface area contributed by atoms with Gasteiger partial charge < -0.3 is 11.1 Å². The Morgan fingerprint density at radius 3 is 2.70 bits per heavy atom. The van der Waals surface area contributed by atoms with Crippen molar-refractivity contribution in [2.24, 2.45) is 7.05 Å². The van der Waals surface area contributed by atoms with E-state index in [4.69, 9.17) is 5.73 Å². The van der Waals surface area contributed by atoms with E-state index in [2.05, 4.69) is 20.4 Å². The third-order valence-corrected chi connectivity index (χ3v) is 6.05. The van der Waals surface area contributed by atoms with Crippen LogP contribution in [0.3, 0.4) is 0 Å². The maximum absolute atomic E-state index is 11.9. The molecule has 1 aliphatic heterocycles. The first kappa shape index (κ1) is 15.9. The molecule has 9 nitrogen and oxygen atoms in total. The minimum atomic E-state index is -3.11. The van der Waals surface area contributed by atoms with E-state index < -0.39 is 10.0 Å². The van der Waals surface area contributed by atoms with E-state index in [9.17, 15) is 8.42 Å². The first-order chi connectivity index (χ1) is 10.9. The lowest BCUT2D eigenvalue weighted by atomic mass is 10.1. The number of nitrogen functional groups attached to an aromatic ring is 1. The molecule has 0 bridgehead atoms. The molecule has 2 aromatic heterocycles. The second-order valence-corrected chi connectivity index (χ2v) is 7.91. The van der Waals surface area contributed by atoms with E-state index in [-0.39, 0.29) is 11.8 Å². The van der Waals surface area contributed by atoms with Crippen LogP contribution in [0.4, 0.5) is 11.8 Å². The van der Waals surface area contributed by atoms with Gasteiger partial charge in [-0.05, 0) is 19.8 Å². The molecule has 0 radical (unpaired) electrons. The van der Waals surface area contributed by atoms with Crippen molar-refractivity contribution in [2.45, 2.75) is 25.8 Å². The average molecular weight is 339 g/mol. The number of aryl methyl sites for hydroxylation is 1. The van der Waals surface area contributed by atoms with E-state index in [0.717, 1.165) is 5.39 Å². The van der Waals surface area contributed by atoms with Crippen molar-refractivity contribution in [1.29, 1.82) is 0 Å². The predicted octanol–water partition coefficient (Wildman–Crippen LogP) is 0.172. The standard InChI is InChI=1S/C13H21N7O2S/c1-3-23(21,22)20-6-4-9(5-7-20)16-13-17-11(14)10-8-15-19(2)12(10)18-13/h8-9H,3-7H2,1-2H3,(H3,14,16,17,18). The number of nitrogens with two attached hydrogens (primary N) is 1. The second-order valence-electron chi connectivity index (χ2n) is 5.66. The largest absolute Gasteiger partial charge is 0.383 e. The highest BCUT2D eigenvalue weighted by atomic mass is 32.2. The summed E-state index contributed by atoms with van der Waals surface area (Å²) in [5.74, 6) is 0.981. The maximum Gasteiger partial charge on any atom is 0.226 e. The number of hydrogen-bond donors (Lipinski definition) is 2. The molecule has 0 spiro atoms. The van der Waals surface area contributed by atoms with E-state index in [1.807, 2.05) is 0 Å². The van der Waals surface area contributed by atoms with Gasteiger partial charge in [0.2, 0.25) is 16.0 Å². The normalized spacial score (nSPS) is 17.7. The summed E-state index contributed by atoms with van der Waals surface area (Å²) in [5.41, 5.74) is 6.61. The van der Waals surface area contributed by atoms with E-state index >= 15 is 0 Å². The lowest BCUT2D eigenvalue weighted by Crippen LogP contribution is -2.43. The number of rotatable bonds is 4. The van der Waals surface area contributed by atoms with Crippen LogP contribution in [-0.2, 0) is 17.1 Å². The number of nitrogens with one attached hydrogen (secondary N) is 1. The average Bonchev–Trinajstić information content (AvgIpc) is 2.90. The Morgan fingerprint density at radius 2 is 2.04 bits per heavy atom. The number of fused-ring (bicyclic) bond motifs is 1. The third-order valence-electron chi connectivity index (χ3n) is 4.17. The predicted molar refractivity (Wildman–Crippen MR) is 88.4 cm³/mol. The van der Waals surface area contributed by atoms with Crippen molar-refractivity contribution in [1.82, 2.24) is 24.1 Å². The molecule has 0 amide bonds. The zero-order chi connectivity index (χ0) is 16.6. The fraction of sp³-hybridized carbons (Fsp3) is 0.615. The van der Waals surface area contributed by atoms with Gasteiger partial charge in [-0.1, -0.05) is 0 Å². The first-order valence-corrected chi connectivity index (χ1v) is 9.21. The van der Waals surface area contributed by atoms with Crippen molar-refractivity contribution in [3.05, 3.63) is 6.20 Å². The Kier molecular flexibility index (Phi) is 4.11. The molecule has 3 rings (SSSR count). The SMILES string of the molecule is CCS(=O)(=O)N1CCC(Nc2nc(N)c3cnn(C)c3n2)CC1. The molecular formula is C13H21N7O2S. The molecule has 10 heteroatoms.